The molecule has 168 valence electrons. The zero-order valence-corrected chi connectivity index (χ0v) is 20.4. The number of nitrogens with one attached hydrogen (secondary N) is 2. The molecule has 32 heavy (non-hydrogen) atoms. The molecule has 1 amide bonds. The van der Waals surface area contributed by atoms with Crippen molar-refractivity contribution in [1.82, 2.24) is 5.32 Å². The summed E-state index contributed by atoms with van der Waals surface area (Å²) in [6.45, 7) is 2.35. The number of carbonyl (C=O) groups excluding carboxylic acids is 1. The molecule has 9 heteroatoms. The van der Waals surface area contributed by atoms with Gasteiger partial charge in [-0.15, -0.1) is 0 Å². The van der Waals surface area contributed by atoms with E-state index in [1.165, 1.54) is 6.07 Å². The van der Waals surface area contributed by atoms with Gasteiger partial charge in [-0.05, 0) is 55.0 Å². The van der Waals surface area contributed by atoms with E-state index >= 15 is 0 Å². The van der Waals surface area contributed by atoms with Crippen molar-refractivity contribution in [2.24, 2.45) is 0 Å². The molecule has 3 aromatic rings. The zero-order chi connectivity index (χ0) is 23.1. The maximum absolute atomic E-state index is 12.6. The summed E-state index contributed by atoms with van der Waals surface area (Å²) in [5.74, 6) is 1.14. The van der Waals surface area contributed by atoms with Gasteiger partial charge >= 0.3 is 0 Å². The van der Waals surface area contributed by atoms with Crippen LogP contribution in [0.4, 0.5) is 5.69 Å². The molecule has 0 bridgehead atoms. The molecular formula is C23H22Cl2N2O3S2. The number of hydrogen-bond acceptors (Lipinski definition) is 4. The average molecular weight is 509 g/mol. The summed E-state index contributed by atoms with van der Waals surface area (Å²) in [5, 5.41) is 4.07. The van der Waals surface area contributed by atoms with Gasteiger partial charge in [-0.2, -0.15) is 11.8 Å². The van der Waals surface area contributed by atoms with Crippen LogP contribution < -0.4 is 10.0 Å². The van der Waals surface area contributed by atoms with E-state index in [0.29, 0.717) is 39.3 Å². The van der Waals surface area contributed by atoms with Gasteiger partial charge in [0.25, 0.3) is 15.9 Å². The van der Waals surface area contributed by atoms with Crippen LogP contribution in [0.2, 0.25) is 10.0 Å². The Morgan fingerprint density at radius 1 is 1.00 bits per heavy atom. The zero-order valence-electron chi connectivity index (χ0n) is 17.3. The van der Waals surface area contributed by atoms with E-state index in [2.05, 4.69) is 10.0 Å². The molecule has 3 aromatic carbocycles. The number of halogens is 2. The first-order chi connectivity index (χ1) is 15.2. The van der Waals surface area contributed by atoms with Crippen molar-refractivity contribution in [1.29, 1.82) is 0 Å². The van der Waals surface area contributed by atoms with Crippen molar-refractivity contribution >= 4 is 56.6 Å². The molecule has 0 aromatic heterocycles. The molecule has 0 radical (unpaired) electrons. The first kappa shape index (κ1) is 24.5. The van der Waals surface area contributed by atoms with E-state index in [0.717, 1.165) is 11.1 Å². The summed E-state index contributed by atoms with van der Waals surface area (Å²) >= 11 is 13.7. The van der Waals surface area contributed by atoms with Gasteiger partial charge in [-0.1, -0.05) is 53.0 Å². The Labute approximate surface area is 202 Å². The Morgan fingerprint density at radius 3 is 2.47 bits per heavy atom. The van der Waals surface area contributed by atoms with Gasteiger partial charge in [0.2, 0.25) is 0 Å². The standard InChI is InChI=1S/C23H22Cl2N2O3S2/c1-16-5-9-21(10-6-16)32(29,30)27-20-4-2-3-17(13-20)23(28)26-11-12-31-15-18-7-8-19(24)14-22(18)25/h2-10,13-14,27H,11-12,15H2,1H3,(H,26,28). The van der Waals surface area contributed by atoms with Crippen LogP contribution in [0.5, 0.6) is 0 Å². The van der Waals surface area contributed by atoms with E-state index in [-0.39, 0.29) is 10.8 Å². The minimum Gasteiger partial charge on any atom is -0.351 e. The molecule has 2 N–H and O–H groups in total. The summed E-state index contributed by atoms with van der Waals surface area (Å²) in [6, 6.07) is 18.3. The van der Waals surface area contributed by atoms with Crippen LogP contribution in [0.25, 0.3) is 0 Å². The van der Waals surface area contributed by atoms with Crippen LogP contribution in [0.1, 0.15) is 21.5 Å². The number of sulfonamides is 1. The number of aryl methyl sites for hydroxylation is 1. The van der Waals surface area contributed by atoms with Crippen LogP contribution >= 0.6 is 35.0 Å². The predicted molar refractivity (Wildman–Crippen MR) is 133 cm³/mol. The van der Waals surface area contributed by atoms with Crippen molar-refractivity contribution in [3.8, 4) is 0 Å². The largest absolute Gasteiger partial charge is 0.351 e. The van der Waals surface area contributed by atoms with E-state index < -0.39 is 10.0 Å². The van der Waals surface area contributed by atoms with Crippen molar-refractivity contribution in [3.63, 3.8) is 0 Å². The lowest BCUT2D eigenvalue weighted by atomic mass is 10.2. The fourth-order valence-corrected chi connectivity index (χ4v) is 5.28. The molecule has 0 saturated carbocycles. The highest BCUT2D eigenvalue weighted by Crippen LogP contribution is 2.24. The highest BCUT2D eigenvalue weighted by atomic mass is 35.5. The van der Waals surface area contributed by atoms with Crippen molar-refractivity contribution < 1.29 is 13.2 Å². The monoisotopic (exact) mass is 508 g/mol. The van der Waals surface area contributed by atoms with Gasteiger partial charge < -0.3 is 5.32 Å². The van der Waals surface area contributed by atoms with Crippen molar-refractivity contribution in [2.75, 3.05) is 17.0 Å². The number of carbonyl (C=O) groups is 1. The van der Waals surface area contributed by atoms with Gasteiger partial charge in [0.1, 0.15) is 0 Å². The smallest absolute Gasteiger partial charge is 0.261 e. The lowest BCUT2D eigenvalue weighted by Gasteiger charge is -2.10. The molecule has 0 atom stereocenters. The van der Waals surface area contributed by atoms with E-state index in [1.807, 2.05) is 13.0 Å². The van der Waals surface area contributed by atoms with Crippen LogP contribution in [-0.4, -0.2) is 26.6 Å². The third-order valence-corrected chi connectivity index (χ3v) is 7.50. The third-order valence-electron chi connectivity index (χ3n) is 4.51. The number of benzene rings is 3. The minimum absolute atomic E-state index is 0.163. The van der Waals surface area contributed by atoms with Gasteiger partial charge in [-0.3, -0.25) is 9.52 Å². The van der Waals surface area contributed by atoms with Crippen LogP contribution in [0, 0.1) is 6.92 Å². The molecule has 0 spiro atoms. The molecule has 0 heterocycles. The second-order valence-electron chi connectivity index (χ2n) is 7.04. The van der Waals surface area contributed by atoms with Crippen LogP contribution in [-0.2, 0) is 15.8 Å². The molecule has 5 nitrogen and oxygen atoms in total. The number of anilines is 1. The summed E-state index contributed by atoms with van der Waals surface area (Å²) in [7, 11) is -3.73. The Hall–Kier alpha value is -2.19. The molecule has 0 aliphatic rings. The molecule has 0 saturated heterocycles. The first-order valence-corrected chi connectivity index (χ1v) is 13.1. The Balaban J connectivity index is 1.52. The third kappa shape index (κ3) is 6.90. The van der Waals surface area contributed by atoms with Gasteiger partial charge in [0, 0.05) is 39.3 Å². The Morgan fingerprint density at radius 2 is 1.75 bits per heavy atom. The highest BCUT2D eigenvalue weighted by Gasteiger charge is 2.15. The van der Waals surface area contributed by atoms with E-state index in [4.69, 9.17) is 23.2 Å². The lowest BCUT2D eigenvalue weighted by molar-refractivity contribution is 0.0956. The SMILES string of the molecule is Cc1ccc(S(=O)(=O)Nc2cccc(C(=O)NCCSCc3ccc(Cl)cc3Cl)c2)cc1. The fraction of sp³-hybridized carbons (Fsp3) is 0.174. The van der Waals surface area contributed by atoms with Gasteiger partial charge in [0.15, 0.2) is 0 Å². The summed E-state index contributed by atoms with van der Waals surface area (Å²) in [6.07, 6.45) is 0. The second-order valence-corrected chi connectivity index (χ2v) is 10.7. The summed E-state index contributed by atoms with van der Waals surface area (Å²) in [4.78, 5) is 12.6. The highest BCUT2D eigenvalue weighted by molar-refractivity contribution is 7.98. The van der Waals surface area contributed by atoms with E-state index in [1.54, 1.807) is 66.4 Å². The maximum Gasteiger partial charge on any atom is 0.261 e. The van der Waals surface area contributed by atoms with Crippen LogP contribution in [0.15, 0.2) is 71.6 Å². The second kappa shape index (κ2) is 11.1. The van der Waals surface area contributed by atoms with Gasteiger partial charge in [-0.25, -0.2) is 8.42 Å². The minimum atomic E-state index is -3.73. The Bertz CT molecular complexity index is 1200. The van der Waals surface area contributed by atoms with Crippen molar-refractivity contribution in [3.05, 3.63) is 93.5 Å². The topological polar surface area (TPSA) is 75.3 Å². The molecule has 0 aliphatic carbocycles. The molecule has 0 aliphatic heterocycles. The first-order valence-electron chi connectivity index (χ1n) is 9.74. The summed E-state index contributed by atoms with van der Waals surface area (Å²) in [5.41, 5.74) is 2.66. The maximum atomic E-state index is 12.6. The van der Waals surface area contributed by atoms with E-state index in [9.17, 15) is 13.2 Å². The fourth-order valence-electron chi connectivity index (χ4n) is 2.82. The predicted octanol–water partition coefficient (Wildman–Crippen LogP) is 5.77. The van der Waals surface area contributed by atoms with Gasteiger partial charge in [0.05, 0.1) is 4.90 Å². The Kier molecular flexibility index (Phi) is 8.48. The average Bonchev–Trinajstić information content (AvgIpc) is 2.75. The normalized spacial score (nSPS) is 11.2. The summed E-state index contributed by atoms with van der Waals surface area (Å²) < 4.78 is 27.7. The molecule has 3 rings (SSSR count). The quantitative estimate of drug-likeness (QED) is 0.360. The number of thioether (sulfide) groups is 1. The number of hydrogen-bond donors (Lipinski definition) is 2. The molecular weight excluding hydrogens is 487 g/mol. The molecule has 0 fully saturated rings. The lowest BCUT2D eigenvalue weighted by Crippen LogP contribution is -2.26. The van der Waals surface area contributed by atoms with Crippen molar-refractivity contribution in [2.45, 2.75) is 17.6 Å². The number of rotatable bonds is 9. The molecule has 0 unspecified atom stereocenters. The number of amides is 1. The van der Waals surface area contributed by atoms with Crippen LogP contribution in [0.3, 0.4) is 0 Å².